The Labute approximate surface area is 139 Å². The Morgan fingerprint density at radius 2 is 1.79 bits per heavy atom. The number of ether oxygens (including phenoxy) is 1. The van der Waals surface area contributed by atoms with Crippen molar-refractivity contribution in [2.24, 2.45) is 0 Å². The van der Waals surface area contributed by atoms with Gasteiger partial charge in [-0.2, -0.15) is 0 Å². The summed E-state index contributed by atoms with van der Waals surface area (Å²) in [5.41, 5.74) is -1.63. The number of urea groups is 2. The van der Waals surface area contributed by atoms with Gasteiger partial charge in [0.25, 0.3) is 11.8 Å². The third-order valence-corrected chi connectivity index (χ3v) is 2.84. The molecule has 1 aliphatic rings. The topological polar surface area (TPSA) is 134 Å². The molecule has 0 unspecified atom stereocenters. The van der Waals surface area contributed by atoms with E-state index in [1.807, 2.05) is 5.32 Å². The molecule has 134 valence electrons. The first-order valence-corrected chi connectivity index (χ1v) is 7.23. The van der Waals surface area contributed by atoms with E-state index in [0.29, 0.717) is 4.90 Å². The van der Waals surface area contributed by atoms with E-state index in [0.717, 1.165) is 0 Å². The van der Waals surface area contributed by atoms with Gasteiger partial charge in [0.05, 0.1) is 0 Å². The Balaban J connectivity index is 2.42. The molecule has 0 saturated carbocycles. The van der Waals surface area contributed by atoms with E-state index < -0.39 is 54.1 Å². The van der Waals surface area contributed by atoms with Crippen molar-refractivity contribution in [2.45, 2.75) is 45.7 Å². The molecule has 6 amide bonds. The summed E-state index contributed by atoms with van der Waals surface area (Å²) < 4.78 is 4.66. The van der Waals surface area contributed by atoms with Crippen LogP contribution in [0.15, 0.2) is 0 Å². The predicted octanol–water partition coefficient (Wildman–Crippen LogP) is -0.516. The highest BCUT2D eigenvalue weighted by atomic mass is 16.5. The van der Waals surface area contributed by atoms with E-state index in [4.69, 9.17) is 0 Å². The van der Waals surface area contributed by atoms with Gasteiger partial charge in [0.2, 0.25) is 0 Å². The van der Waals surface area contributed by atoms with Gasteiger partial charge in [0, 0.05) is 5.54 Å². The average Bonchev–Trinajstić information content (AvgIpc) is 2.56. The van der Waals surface area contributed by atoms with Crippen LogP contribution in [0, 0.1) is 0 Å². The number of nitrogens with one attached hydrogen (secondary N) is 3. The minimum absolute atomic E-state index is 0.530. The molecule has 0 radical (unpaired) electrons. The fourth-order valence-corrected chi connectivity index (χ4v) is 1.82. The van der Waals surface area contributed by atoms with E-state index in [1.165, 1.54) is 13.8 Å². The monoisotopic (exact) mass is 342 g/mol. The van der Waals surface area contributed by atoms with Crippen molar-refractivity contribution in [1.29, 1.82) is 0 Å². The minimum Gasteiger partial charge on any atom is -0.454 e. The molecule has 1 rings (SSSR count). The van der Waals surface area contributed by atoms with Crippen molar-refractivity contribution in [3.05, 3.63) is 0 Å². The van der Waals surface area contributed by atoms with E-state index in [-0.39, 0.29) is 0 Å². The Hall–Kier alpha value is -2.65. The lowest BCUT2D eigenvalue weighted by atomic mass is 10.1. The van der Waals surface area contributed by atoms with Gasteiger partial charge in [-0.3, -0.25) is 24.6 Å². The molecular formula is C14H22N4O6. The molecule has 1 saturated heterocycles. The van der Waals surface area contributed by atoms with Gasteiger partial charge >= 0.3 is 18.0 Å². The molecule has 10 heteroatoms. The number of esters is 1. The highest BCUT2D eigenvalue weighted by molar-refractivity contribution is 6.08. The molecule has 24 heavy (non-hydrogen) atoms. The van der Waals surface area contributed by atoms with Gasteiger partial charge in [0.15, 0.2) is 6.61 Å². The summed E-state index contributed by atoms with van der Waals surface area (Å²) in [4.78, 5) is 58.8. The Kier molecular flexibility index (Phi) is 5.54. The number of rotatable bonds is 4. The number of hydrogen-bond donors (Lipinski definition) is 3. The molecule has 0 aliphatic carbocycles. The van der Waals surface area contributed by atoms with Crippen LogP contribution in [0.2, 0.25) is 0 Å². The van der Waals surface area contributed by atoms with Crippen LogP contribution in [0.25, 0.3) is 0 Å². The number of imide groups is 2. The highest BCUT2D eigenvalue weighted by Gasteiger charge is 2.45. The van der Waals surface area contributed by atoms with Crippen LogP contribution < -0.4 is 16.0 Å². The van der Waals surface area contributed by atoms with Gasteiger partial charge in [-0.1, -0.05) is 0 Å². The summed E-state index contributed by atoms with van der Waals surface area (Å²) >= 11 is 0. The van der Waals surface area contributed by atoms with Crippen LogP contribution in [0.3, 0.4) is 0 Å². The molecule has 1 aliphatic heterocycles. The lowest BCUT2D eigenvalue weighted by molar-refractivity contribution is -0.150. The molecule has 0 aromatic carbocycles. The summed E-state index contributed by atoms with van der Waals surface area (Å²) in [6.07, 6.45) is 0. The summed E-state index contributed by atoms with van der Waals surface area (Å²) in [6, 6.07) is -1.43. The second kappa shape index (κ2) is 6.85. The third-order valence-electron chi connectivity index (χ3n) is 2.84. The number of amides is 6. The lowest BCUT2D eigenvalue weighted by Crippen LogP contribution is -2.49. The first kappa shape index (κ1) is 19.4. The fourth-order valence-electron chi connectivity index (χ4n) is 1.82. The molecule has 1 heterocycles. The van der Waals surface area contributed by atoms with Crippen molar-refractivity contribution < 1.29 is 28.7 Å². The van der Waals surface area contributed by atoms with Crippen molar-refractivity contribution in [1.82, 2.24) is 20.9 Å². The maximum atomic E-state index is 11.9. The van der Waals surface area contributed by atoms with E-state index in [1.54, 1.807) is 20.8 Å². The third kappa shape index (κ3) is 5.52. The maximum absolute atomic E-state index is 11.9. The molecule has 1 fully saturated rings. The molecule has 0 spiro atoms. The molecule has 0 bridgehead atoms. The van der Waals surface area contributed by atoms with Gasteiger partial charge in [-0.15, -0.1) is 0 Å². The molecule has 10 nitrogen and oxygen atoms in total. The summed E-state index contributed by atoms with van der Waals surface area (Å²) in [5.74, 6) is -2.34. The number of nitrogens with zero attached hydrogens (tertiary/aromatic N) is 1. The molecule has 3 N–H and O–H groups in total. The van der Waals surface area contributed by atoms with Gasteiger partial charge in [-0.25, -0.2) is 9.59 Å². The lowest BCUT2D eigenvalue weighted by Gasteiger charge is -2.20. The summed E-state index contributed by atoms with van der Waals surface area (Å²) in [7, 11) is 0. The molecule has 0 atom stereocenters. The zero-order valence-corrected chi connectivity index (χ0v) is 14.3. The largest absolute Gasteiger partial charge is 0.454 e. The van der Waals surface area contributed by atoms with E-state index in [9.17, 15) is 24.0 Å². The highest BCUT2D eigenvalue weighted by Crippen LogP contribution is 2.16. The fraction of sp³-hybridized carbons (Fsp3) is 0.643. The molecule has 0 aromatic rings. The second-order valence-corrected chi connectivity index (χ2v) is 6.86. The predicted molar refractivity (Wildman–Crippen MR) is 81.7 cm³/mol. The number of hydrogen-bond acceptors (Lipinski definition) is 6. The second-order valence-electron chi connectivity index (χ2n) is 6.86. The van der Waals surface area contributed by atoms with Gasteiger partial charge in [-0.05, 0) is 34.6 Å². The first-order chi connectivity index (χ1) is 10.8. The van der Waals surface area contributed by atoms with Crippen LogP contribution in [-0.4, -0.2) is 59.0 Å². The number of carbonyl (C=O) groups excluding carboxylic acids is 5. The van der Waals surface area contributed by atoms with Crippen LogP contribution in [0.5, 0.6) is 0 Å². The van der Waals surface area contributed by atoms with Crippen molar-refractivity contribution >= 4 is 29.8 Å². The van der Waals surface area contributed by atoms with E-state index >= 15 is 0 Å². The number of carbonyl (C=O) groups is 5. The molecular weight excluding hydrogens is 320 g/mol. The Morgan fingerprint density at radius 3 is 2.25 bits per heavy atom. The smallest absolute Gasteiger partial charge is 0.326 e. The minimum atomic E-state index is -1.10. The zero-order valence-electron chi connectivity index (χ0n) is 14.3. The SMILES string of the molecule is CC(C)(C)NC(=O)NC(=O)COC(=O)CN1C(=O)NC(C)(C)C1=O. The van der Waals surface area contributed by atoms with Gasteiger partial charge < -0.3 is 15.4 Å². The van der Waals surface area contributed by atoms with Crippen LogP contribution in [0.1, 0.15) is 34.6 Å². The standard InChI is InChI=1S/C14H22N4O6/c1-13(2,3)16-11(22)15-8(19)7-24-9(20)6-18-10(21)14(4,5)17-12(18)23/h6-7H2,1-5H3,(H,17,23)(H2,15,16,19,22). The van der Waals surface area contributed by atoms with Crippen LogP contribution in [0.4, 0.5) is 9.59 Å². The van der Waals surface area contributed by atoms with Crippen molar-refractivity contribution in [2.75, 3.05) is 13.2 Å². The summed E-state index contributed by atoms with van der Waals surface area (Å²) in [5, 5.41) is 6.90. The van der Waals surface area contributed by atoms with E-state index in [2.05, 4.69) is 15.4 Å². The first-order valence-electron chi connectivity index (χ1n) is 7.23. The zero-order chi connectivity index (χ0) is 18.7. The average molecular weight is 342 g/mol. The van der Waals surface area contributed by atoms with Gasteiger partial charge in [0.1, 0.15) is 12.1 Å². The normalized spacial score (nSPS) is 16.5. The molecule has 0 aromatic heterocycles. The Morgan fingerprint density at radius 1 is 1.21 bits per heavy atom. The maximum Gasteiger partial charge on any atom is 0.326 e. The Bertz CT molecular complexity index is 578. The quantitative estimate of drug-likeness (QED) is 0.465. The van der Waals surface area contributed by atoms with Crippen molar-refractivity contribution in [3.8, 4) is 0 Å². The van der Waals surface area contributed by atoms with Crippen molar-refractivity contribution in [3.63, 3.8) is 0 Å². The van der Waals surface area contributed by atoms with Crippen LogP contribution in [-0.2, 0) is 19.1 Å². The summed E-state index contributed by atoms with van der Waals surface area (Å²) in [6.45, 7) is 6.88. The van der Waals surface area contributed by atoms with Crippen LogP contribution >= 0.6 is 0 Å².